The second kappa shape index (κ2) is 6.68. The van der Waals surface area contributed by atoms with Crippen molar-refractivity contribution in [3.05, 3.63) is 35.9 Å². The van der Waals surface area contributed by atoms with E-state index in [0.717, 1.165) is 5.56 Å². The Labute approximate surface area is 107 Å². The van der Waals surface area contributed by atoms with Crippen molar-refractivity contribution < 1.29 is 8.42 Å². The summed E-state index contributed by atoms with van der Waals surface area (Å²) in [5.41, 5.74) is 6.09. The average Bonchev–Trinajstić information content (AvgIpc) is 2.25. The number of sulfonamides is 1. The lowest BCUT2D eigenvalue weighted by Gasteiger charge is -2.06. The first-order valence-electron chi connectivity index (χ1n) is 5.29. The first-order chi connectivity index (χ1) is 7.99. The summed E-state index contributed by atoms with van der Waals surface area (Å²) in [7, 11) is -3.27. The van der Waals surface area contributed by atoms with Crippen LogP contribution in [-0.4, -0.2) is 20.0 Å². The summed E-state index contributed by atoms with van der Waals surface area (Å²) in [6.45, 7) is 0.368. The topological polar surface area (TPSA) is 72.2 Å². The van der Waals surface area contributed by atoms with E-state index in [-0.39, 0.29) is 5.75 Å². The van der Waals surface area contributed by atoms with Crippen LogP contribution in [0, 0.1) is 0 Å². The monoisotopic (exact) mass is 272 g/mol. The van der Waals surface area contributed by atoms with Gasteiger partial charge >= 0.3 is 0 Å². The average molecular weight is 272 g/mol. The summed E-state index contributed by atoms with van der Waals surface area (Å²) in [6.07, 6.45) is 1.19. The van der Waals surface area contributed by atoms with Gasteiger partial charge in [-0.3, -0.25) is 0 Å². The highest BCUT2D eigenvalue weighted by Gasteiger charge is 2.10. The van der Waals surface area contributed by atoms with Crippen LogP contribution in [-0.2, 0) is 15.8 Å². The minimum atomic E-state index is -3.27. The molecule has 0 radical (unpaired) electrons. The Morgan fingerprint density at radius 3 is 2.53 bits per heavy atom. The molecular weight excluding hydrogens is 256 g/mol. The third kappa shape index (κ3) is 6.35. The second-order valence-corrected chi connectivity index (χ2v) is 6.04. The molecule has 0 saturated carbocycles. The van der Waals surface area contributed by atoms with Crippen molar-refractivity contribution in [2.45, 2.75) is 18.6 Å². The van der Waals surface area contributed by atoms with E-state index in [4.69, 9.17) is 18.0 Å². The van der Waals surface area contributed by atoms with Crippen LogP contribution >= 0.6 is 12.2 Å². The van der Waals surface area contributed by atoms with Crippen molar-refractivity contribution in [3.8, 4) is 0 Å². The number of benzene rings is 1. The standard InChI is InChI=1S/C11H16N2O2S2/c12-11(16)7-4-8-13-17(14,15)9-10-5-2-1-3-6-10/h1-3,5-6,13H,4,7-9H2,(H2,12,16). The number of thiocarbonyl (C=S) groups is 1. The molecule has 0 saturated heterocycles. The van der Waals surface area contributed by atoms with Gasteiger partial charge in [0.1, 0.15) is 0 Å². The van der Waals surface area contributed by atoms with Crippen LogP contribution in [0.15, 0.2) is 30.3 Å². The van der Waals surface area contributed by atoms with E-state index in [0.29, 0.717) is 24.4 Å². The van der Waals surface area contributed by atoms with E-state index < -0.39 is 10.0 Å². The lowest BCUT2D eigenvalue weighted by atomic mass is 10.2. The van der Waals surface area contributed by atoms with Gasteiger partial charge in [0.05, 0.1) is 10.7 Å². The third-order valence-corrected chi connectivity index (χ3v) is 3.68. The molecule has 0 bridgehead atoms. The number of nitrogens with one attached hydrogen (secondary N) is 1. The van der Waals surface area contributed by atoms with Gasteiger partial charge in [0.15, 0.2) is 0 Å². The van der Waals surface area contributed by atoms with E-state index in [1.807, 2.05) is 18.2 Å². The Kier molecular flexibility index (Phi) is 5.54. The Balaban J connectivity index is 2.39. The smallest absolute Gasteiger partial charge is 0.215 e. The Morgan fingerprint density at radius 1 is 1.29 bits per heavy atom. The lowest BCUT2D eigenvalue weighted by molar-refractivity contribution is 0.579. The molecule has 0 atom stereocenters. The maximum absolute atomic E-state index is 11.7. The molecule has 0 heterocycles. The number of hydrogen-bond donors (Lipinski definition) is 2. The van der Waals surface area contributed by atoms with E-state index in [9.17, 15) is 8.42 Å². The number of rotatable bonds is 7. The largest absolute Gasteiger partial charge is 0.393 e. The van der Waals surface area contributed by atoms with Gasteiger partial charge in [-0.25, -0.2) is 13.1 Å². The van der Waals surface area contributed by atoms with Crippen molar-refractivity contribution in [1.29, 1.82) is 0 Å². The molecule has 0 aliphatic carbocycles. The number of hydrogen-bond acceptors (Lipinski definition) is 3. The van der Waals surface area contributed by atoms with E-state index in [2.05, 4.69) is 4.72 Å². The maximum atomic E-state index is 11.7. The van der Waals surface area contributed by atoms with Crippen molar-refractivity contribution in [2.24, 2.45) is 5.73 Å². The zero-order valence-corrected chi connectivity index (χ0v) is 11.1. The van der Waals surface area contributed by atoms with E-state index in [1.165, 1.54) is 0 Å². The fraction of sp³-hybridized carbons (Fsp3) is 0.364. The van der Waals surface area contributed by atoms with E-state index >= 15 is 0 Å². The minimum Gasteiger partial charge on any atom is -0.393 e. The highest BCUT2D eigenvalue weighted by Crippen LogP contribution is 2.04. The lowest BCUT2D eigenvalue weighted by Crippen LogP contribution is -2.26. The van der Waals surface area contributed by atoms with Gasteiger partial charge in [0.25, 0.3) is 0 Å². The molecule has 0 unspecified atom stereocenters. The SMILES string of the molecule is NC(=S)CCCNS(=O)(=O)Cc1ccccc1. The van der Waals surface area contributed by atoms with Crippen LogP contribution in [0.4, 0.5) is 0 Å². The van der Waals surface area contributed by atoms with E-state index in [1.54, 1.807) is 12.1 Å². The Morgan fingerprint density at radius 2 is 1.94 bits per heavy atom. The van der Waals surface area contributed by atoms with Gasteiger partial charge in [-0.15, -0.1) is 0 Å². The fourth-order valence-electron chi connectivity index (χ4n) is 1.33. The highest BCUT2D eigenvalue weighted by atomic mass is 32.2. The summed E-state index contributed by atoms with van der Waals surface area (Å²) in [6, 6.07) is 9.06. The zero-order valence-electron chi connectivity index (χ0n) is 9.43. The Bertz CT molecular complexity index is 458. The molecule has 0 aromatic heterocycles. The van der Waals surface area contributed by atoms with Gasteiger partial charge in [-0.2, -0.15) is 0 Å². The molecule has 0 spiro atoms. The van der Waals surface area contributed by atoms with Gasteiger partial charge < -0.3 is 5.73 Å². The molecule has 3 N–H and O–H groups in total. The van der Waals surface area contributed by atoms with Crippen LogP contribution < -0.4 is 10.5 Å². The molecule has 1 aromatic rings. The molecule has 94 valence electrons. The minimum absolute atomic E-state index is 0.000904. The third-order valence-electron chi connectivity index (χ3n) is 2.12. The Hall–Kier alpha value is -0.980. The van der Waals surface area contributed by atoms with Gasteiger partial charge in [-0.05, 0) is 18.4 Å². The van der Waals surface area contributed by atoms with Crippen molar-refractivity contribution in [3.63, 3.8) is 0 Å². The van der Waals surface area contributed by atoms with Crippen molar-refractivity contribution in [2.75, 3.05) is 6.54 Å². The van der Waals surface area contributed by atoms with Crippen LogP contribution in [0.3, 0.4) is 0 Å². The summed E-state index contributed by atoms with van der Waals surface area (Å²) >= 11 is 4.71. The summed E-state index contributed by atoms with van der Waals surface area (Å²) in [5, 5.41) is 0. The number of nitrogens with two attached hydrogens (primary N) is 1. The maximum Gasteiger partial charge on any atom is 0.215 e. The molecular formula is C11H16N2O2S2. The van der Waals surface area contributed by atoms with Crippen molar-refractivity contribution >= 4 is 27.2 Å². The zero-order chi connectivity index (χ0) is 12.7. The van der Waals surface area contributed by atoms with Crippen LogP contribution in [0.2, 0.25) is 0 Å². The van der Waals surface area contributed by atoms with Gasteiger partial charge in [0, 0.05) is 6.54 Å². The molecule has 17 heavy (non-hydrogen) atoms. The highest BCUT2D eigenvalue weighted by molar-refractivity contribution is 7.88. The first kappa shape index (κ1) is 14.1. The van der Waals surface area contributed by atoms with Crippen LogP contribution in [0.5, 0.6) is 0 Å². The van der Waals surface area contributed by atoms with Gasteiger partial charge in [-0.1, -0.05) is 42.5 Å². The molecule has 0 fully saturated rings. The summed E-state index contributed by atoms with van der Waals surface area (Å²) in [4.78, 5) is 0.409. The predicted octanol–water partition coefficient (Wildman–Crippen LogP) is 1.17. The molecule has 4 nitrogen and oxygen atoms in total. The predicted molar refractivity (Wildman–Crippen MR) is 73.1 cm³/mol. The van der Waals surface area contributed by atoms with Crippen LogP contribution in [0.25, 0.3) is 0 Å². The van der Waals surface area contributed by atoms with Gasteiger partial charge in [0.2, 0.25) is 10.0 Å². The summed E-state index contributed by atoms with van der Waals surface area (Å²) < 4.78 is 25.9. The quantitative estimate of drug-likeness (QED) is 0.577. The fourth-order valence-corrected chi connectivity index (χ4v) is 2.67. The van der Waals surface area contributed by atoms with Crippen LogP contribution in [0.1, 0.15) is 18.4 Å². The molecule has 1 rings (SSSR count). The normalized spacial score (nSPS) is 11.3. The molecule has 1 aromatic carbocycles. The molecule has 0 aliphatic heterocycles. The molecule has 0 amide bonds. The molecule has 6 heteroatoms. The van der Waals surface area contributed by atoms with Crippen molar-refractivity contribution in [1.82, 2.24) is 4.72 Å². The molecule has 0 aliphatic rings. The second-order valence-electron chi connectivity index (χ2n) is 3.71. The summed E-state index contributed by atoms with van der Waals surface area (Å²) in [5.74, 6) is 0.000904. The first-order valence-corrected chi connectivity index (χ1v) is 7.35.